The number of rotatable bonds is 3. The van der Waals surface area contributed by atoms with Crippen LogP contribution in [0.4, 0.5) is 22.9 Å². The van der Waals surface area contributed by atoms with Crippen molar-refractivity contribution in [3.8, 4) is 0 Å². The summed E-state index contributed by atoms with van der Waals surface area (Å²) in [7, 11) is 1.77. The van der Waals surface area contributed by atoms with Gasteiger partial charge in [-0.2, -0.15) is 0 Å². The highest BCUT2D eigenvalue weighted by Crippen LogP contribution is 2.41. The summed E-state index contributed by atoms with van der Waals surface area (Å²) in [4.78, 5) is 22.9. The van der Waals surface area contributed by atoms with Gasteiger partial charge in [0.25, 0.3) is 0 Å². The largest absolute Gasteiger partial charge is 0.381 e. The fraction of sp³-hybridized carbons (Fsp3) is 0.538. The van der Waals surface area contributed by atoms with Crippen molar-refractivity contribution in [3.63, 3.8) is 0 Å². The van der Waals surface area contributed by atoms with Gasteiger partial charge in [-0.15, -0.1) is 0 Å². The molecule has 1 aliphatic carbocycles. The van der Waals surface area contributed by atoms with Gasteiger partial charge in [0.1, 0.15) is 5.82 Å². The summed E-state index contributed by atoms with van der Waals surface area (Å²) in [5, 5.41) is 3.50. The first-order valence-corrected chi connectivity index (χ1v) is 12.2. The molecule has 2 atom stereocenters. The third kappa shape index (κ3) is 3.87. The minimum atomic E-state index is 0.0365. The molecule has 7 heteroatoms. The standard InChI is InChI=1S/C26H32N4O3/c1-32-22-7-4-17(5-8-22)26(31)30-14-18-3-2-10-27-25(18)28-23-9-6-21(11-24(23)30)29-12-19-15-33-16-20(19)13-29/h2-3,6,9-11,17,19-20,22H,4-5,7-8,12-16H2,1H3,(H,27,28)/t17?,19-,20+,22?. The molecule has 0 unspecified atom stereocenters. The number of hydrogen-bond acceptors (Lipinski definition) is 6. The minimum absolute atomic E-state index is 0.0365. The van der Waals surface area contributed by atoms with Crippen molar-refractivity contribution in [2.45, 2.75) is 38.3 Å². The van der Waals surface area contributed by atoms with Crippen molar-refractivity contribution < 1.29 is 14.3 Å². The van der Waals surface area contributed by atoms with Gasteiger partial charge in [0.05, 0.1) is 37.2 Å². The van der Waals surface area contributed by atoms with Gasteiger partial charge >= 0.3 is 0 Å². The topological polar surface area (TPSA) is 66.9 Å². The lowest BCUT2D eigenvalue weighted by Crippen LogP contribution is -2.38. The van der Waals surface area contributed by atoms with Crippen LogP contribution in [0, 0.1) is 17.8 Å². The number of nitrogens with zero attached hydrogens (tertiary/aromatic N) is 3. The average molecular weight is 449 g/mol. The van der Waals surface area contributed by atoms with E-state index in [1.165, 1.54) is 5.69 Å². The van der Waals surface area contributed by atoms with Crippen molar-refractivity contribution >= 4 is 28.8 Å². The number of amides is 1. The molecule has 3 aliphatic heterocycles. The normalized spacial score (nSPS) is 28.5. The van der Waals surface area contributed by atoms with Crippen LogP contribution in [0.3, 0.4) is 0 Å². The summed E-state index contributed by atoms with van der Waals surface area (Å²) < 4.78 is 11.2. The van der Waals surface area contributed by atoms with E-state index < -0.39 is 0 Å². The van der Waals surface area contributed by atoms with Gasteiger partial charge in [0.2, 0.25) is 5.91 Å². The molecule has 2 aromatic rings. The van der Waals surface area contributed by atoms with Crippen LogP contribution >= 0.6 is 0 Å². The van der Waals surface area contributed by atoms with Crippen molar-refractivity contribution in [2.24, 2.45) is 17.8 Å². The van der Waals surface area contributed by atoms with Gasteiger partial charge in [-0.3, -0.25) is 4.79 Å². The molecule has 4 heterocycles. The molecule has 7 nitrogen and oxygen atoms in total. The summed E-state index contributed by atoms with van der Waals surface area (Å²) in [5.74, 6) is 2.31. The van der Waals surface area contributed by atoms with Crippen LogP contribution in [-0.2, 0) is 20.8 Å². The second kappa shape index (κ2) is 8.61. The van der Waals surface area contributed by atoms with E-state index in [1.54, 1.807) is 13.3 Å². The first-order valence-electron chi connectivity index (χ1n) is 12.2. The molecule has 0 radical (unpaired) electrons. The second-order valence-electron chi connectivity index (χ2n) is 9.93. The zero-order valence-corrected chi connectivity index (χ0v) is 19.2. The molecule has 33 heavy (non-hydrogen) atoms. The van der Waals surface area contributed by atoms with Crippen LogP contribution in [-0.4, -0.2) is 50.4 Å². The van der Waals surface area contributed by atoms with E-state index in [9.17, 15) is 4.79 Å². The number of carbonyl (C=O) groups excluding carboxylic acids is 1. The predicted molar refractivity (Wildman–Crippen MR) is 128 cm³/mol. The summed E-state index contributed by atoms with van der Waals surface area (Å²) >= 11 is 0. The number of anilines is 4. The lowest BCUT2D eigenvalue weighted by molar-refractivity contribution is -0.124. The molecule has 3 fully saturated rings. The van der Waals surface area contributed by atoms with Crippen molar-refractivity contribution in [1.82, 2.24) is 4.98 Å². The van der Waals surface area contributed by atoms with Gasteiger partial charge in [-0.25, -0.2) is 4.98 Å². The smallest absolute Gasteiger partial charge is 0.230 e. The number of ether oxygens (including phenoxy) is 2. The van der Waals surface area contributed by atoms with Gasteiger partial charge < -0.3 is 24.6 Å². The van der Waals surface area contributed by atoms with Crippen molar-refractivity contribution in [2.75, 3.05) is 48.5 Å². The first kappa shape index (κ1) is 20.9. The van der Waals surface area contributed by atoms with Crippen LogP contribution in [0.1, 0.15) is 31.2 Å². The quantitative estimate of drug-likeness (QED) is 0.767. The minimum Gasteiger partial charge on any atom is -0.381 e. The van der Waals surface area contributed by atoms with Gasteiger partial charge in [-0.05, 0) is 49.9 Å². The number of hydrogen-bond donors (Lipinski definition) is 1. The molecule has 0 spiro atoms. The zero-order valence-electron chi connectivity index (χ0n) is 19.2. The highest BCUT2D eigenvalue weighted by Gasteiger charge is 2.38. The van der Waals surface area contributed by atoms with Crippen molar-refractivity contribution in [1.29, 1.82) is 0 Å². The summed E-state index contributed by atoms with van der Waals surface area (Å²) in [6.07, 6.45) is 5.74. The van der Waals surface area contributed by atoms with E-state index in [0.29, 0.717) is 18.4 Å². The summed E-state index contributed by atoms with van der Waals surface area (Å²) in [6.45, 7) is 4.31. The zero-order chi connectivity index (χ0) is 22.4. The summed E-state index contributed by atoms with van der Waals surface area (Å²) in [5.41, 5.74) is 4.13. The number of carbonyl (C=O) groups is 1. The number of methoxy groups -OCH3 is 1. The Morgan fingerprint density at radius 2 is 1.91 bits per heavy atom. The molecular formula is C26H32N4O3. The predicted octanol–water partition coefficient (Wildman–Crippen LogP) is 3.96. The average Bonchev–Trinajstić information content (AvgIpc) is 3.42. The molecule has 4 aliphatic rings. The first-order chi connectivity index (χ1) is 16.2. The molecule has 1 saturated carbocycles. The molecule has 2 saturated heterocycles. The number of pyridine rings is 1. The van der Waals surface area contributed by atoms with E-state index in [0.717, 1.165) is 74.7 Å². The third-order valence-corrected chi connectivity index (χ3v) is 7.97. The number of fused-ring (bicyclic) bond motifs is 3. The van der Waals surface area contributed by atoms with Crippen molar-refractivity contribution in [3.05, 3.63) is 42.1 Å². The maximum Gasteiger partial charge on any atom is 0.230 e. The number of aromatic nitrogens is 1. The Balaban J connectivity index is 1.33. The van der Waals surface area contributed by atoms with E-state index in [4.69, 9.17) is 9.47 Å². The van der Waals surface area contributed by atoms with Crippen LogP contribution in [0.15, 0.2) is 36.5 Å². The maximum absolute atomic E-state index is 13.9. The Morgan fingerprint density at radius 1 is 1.12 bits per heavy atom. The van der Waals surface area contributed by atoms with E-state index in [2.05, 4.69) is 39.5 Å². The fourth-order valence-electron chi connectivity index (χ4n) is 5.97. The van der Waals surface area contributed by atoms with E-state index in [1.807, 2.05) is 11.0 Å². The Morgan fingerprint density at radius 3 is 2.67 bits per heavy atom. The SMILES string of the molecule is COC1CCC(C(=O)N2Cc3cccnc3Nc3ccc(N4C[C@H]5COC[C@H]5C4)cc32)CC1. The van der Waals surface area contributed by atoms with E-state index >= 15 is 0 Å². The molecule has 1 aromatic heterocycles. The molecular weight excluding hydrogens is 416 g/mol. The Bertz CT molecular complexity index is 1020. The molecule has 0 bridgehead atoms. The number of benzene rings is 1. The van der Waals surface area contributed by atoms with Crippen LogP contribution < -0.4 is 15.1 Å². The van der Waals surface area contributed by atoms with Gasteiger partial charge in [0, 0.05) is 55.4 Å². The Kier molecular flexibility index (Phi) is 5.46. The van der Waals surface area contributed by atoms with E-state index in [-0.39, 0.29) is 17.9 Å². The van der Waals surface area contributed by atoms with Crippen LogP contribution in [0.5, 0.6) is 0 Å². The molecule has 6 rings (SSSR count). The molecule has 1 N–H and O–H groups in total. The monoisotopic (exact) mass is 448 g/mol. The molecule has 1 amide bonds. The molecule has 174 valence electrons. The maximum atomic E-state index is 13.9. The van der Waals surface area contributed by atoms with Crippen LogP contribution in [0.25, 0.3) is 0 Å². The Labute approximate surface area is 195 Å². The number of nitrogens with one attached hydrogen (secondary N) is 1. The lowest BCUT2D eigenvalue weighted by atomic mass is 9.86. The highest BCUT2D eigenvalue weighted by atomic mass is 16.5. The lowest BCUT2D eigenvalue weighted by Gasteiger charge is -2.32. The highest BCUT2D eigenvalue weighted by molar-refractivity contribution is 6.00. The van der Waals surface area contributed by atoms with Gasteiger partial charge in [-0.1, -0.05) is 6.07 Å². The summed E-state index contributed by atoms with van der Waals surface area (Å²) in [6, 6.07) is 10.5. The second-order valence-corrected chi connectivity index (χ2v) is 9.93. The fourth-order valence-corrected chi connectivity index (χ4v) is 5.97. The molecule has 1 aromatic carbocycles. The Hall–Kier alpha value is -2.64. The third-order valence-electron chi connectivity index (χ3n) is 7.97. The van der Waals surface area contributed by atoms with Crippen LogP contribution in [0.2, 0.25) is 0 Å². The van der Waals surface area contributed by atoms with Gasteiger partial charge in [0.15, 0.2) is 0 Å².